The quantitative estimate of drug-likeness (QED) is 0.836. The van der Waals surface area contributed by atoms with Crippen LogP contribution >= 0.6 is 11.8 Å². The fourth-order valence-electron chi connectivity index (χ4n) is 3.53. The summed E-state index contributed by atoms with van der Waals surface area (Å²) in [4.78, 5) is 13.8. The van der Waals surface area contributed by atoms with Crippen molar-refractivity contribution in [2.45, 2.75) is 18.8 Å². The molecule has 2 aliphatic rings. The first-order chi connectivity index (χ1) is 11.8. The Labute approximate surface area is 146 Å². The lowest BCUT2D eigenvalue weighted by atomic mass is 9.97. The Hall–Kier alpha value is -1.83. The van der Waals surface area contributed by atoms with Gasteiger partial charge in [0.15, 0.2) is 0 Å². The van der Waals surface area contributed by atoms with Crippen LogP contribution in [0.3, 0.4) is 0 Å². The Bertz CT molecular complexity index is 683. The summed E-state index contributed by atoms with van der Waals surface area (Å²) >= 11 is 2.02. The summed E-state index contributed by atoms with van der Waals surface area (Å²) in [6.45, 7) is 4.13. The summed E-state index contributed by atoms with van der Waals surface area (Å²) in [6, 6.07) is 2.15. The monoisotopic (exact) mass is 345 g/mol. The summed E-state index contributed by atoms with van der Waals surface area (Å²) in [5, 5.41) is 8.33. The standard InChI is InChI=1S/C16H23N7S/c1-21-12-19-20-16(21)13-3-2-4-23(10-13)15-9-14(17-11-18-15)22-5-7-24-8-6-22/h9,11-13H,2-8,10H2,1H3. The van der Waals surface area contributed by atoms with Gasteiger partial charge < -0.3 is 14.4 Å². The van der Waals surface area contributed by atoms with E-state index >= 15 is 0 Å². The highest BCUT2D eigenvalue weighted by Crippen LogP contribution is 2.29. The van der Waals surface area contributed by atoms with E-state index in [2.05, 4.69) is 36.0 Å². The molecule has 8 heteroatoms. The van der Waals surface area contributed by atoms with Crippen molar-refractivity contribution in [2.24, 2.45) is 7.05 Å². The summed E-state index contributed by atoms with van der Waals surface area (Å²) in [5.41, 5.74) is 0. The molecule has 4 rings (SSSR count). The smallest absolute Gasteiger partial charge is 0.137 e. The Morgan fingerprint density at radius 2 is 1.88 bits per heavy atom. The molecular formula is C16H23N7S. The minimum atomic E-state index is 0.413. The van der Waals surface area contributed by atoms with Gasteiger partial charge in [-0.2, -0.15) is 11.8 Å². The average Bonchev–Trinajstić information content (AvgIpc) is 3.09. The van der Waals surface area contributed by atoms with Gasteiger partial charge in [-0.15, -0.1) is 10.2 Å². The van der Waals surface area contributed by atoms with Crippen LogP contribution in [-0.4, -0.2) is 62.4 Å². The first-order valence-corrected chi connectivity index (χ1v) is 9.70. The molecule has 1 unspecified atom stereocenters. The lowest BCUT2D eigenvalue weighted by molar-refractivity contribution is 0.477. The van der Waals surface area contributed by atoms with E-state index in [1.807, 2.05) is 23.4 Å². The van der Waals surface area contributed by atoms with Crippen LogP contribution in [0, 0.1) is 0 Å². The van der Waals surface area contributed by atoms with Crippen molar-refractivity contribution < 1.29 is 0 Å². The predicted molar refractivity (Wildman–Crippen MR) is 96.8 cm³/mol. The van der Waals surface area contributed by atoms with Gasteiger partial charge in [0.1, 0.15) is 30.1 Å². The molecule has 24 heavy (non-hydrogen) atoms. The second-order valence-corrected chi connectivity index (χ2v) is 7.64. The number of hydrogen-bond acceptors (Lipinski definition) is 7. The topological polar surface area (TPSA) is 63.0 Å². The van der Waals surface area contributed by atoms with Crippen LogP contribution in [0.15, 0.2) is 18.7 Å². The third-order valence-electron chi connectivity index (χ3n) is 4.83. The molecule has 2 aromatic rings. The van der Waals surface area contributed by atoms with E-state index in [0.29, 0.717) is 5.92 Å². The number of nitrogens with zero attached hydrogens (tertiary/aromatic N) is 7. The van der Waals surface area contributed by atoms with Gasteiger partial charge in [-0.1, -0.05) is 0 Å². The third-order valence-corrected chi connectivity index (χ3v) is 5.77. The highest BCUT2D eigenvalue weighted by molar-refractivity contribution is 7.99. The molecule has 4 heterocycles. The number of anilines is 2. The normalized spacial score (nSPS) is 22.0. The largest absolute Gasteiger partial charge is 0.356 e. The van der Waals surface area contributed by atoms with Crippen LogP contribution in [0.5, 0.6) is 0 Å². The molecule has 2 aliphatic heterocycles. The van der Waals surface area contributed by atoms with E-state index in [4.69, 9.17) is 0 Å². The second kappa shape index (κ2) is 6.96. The molecule has 1 atom stereocenters. The van der Waals surface area contributed by atoms with E-state index in [0.717, 1.165) is 56.5 Å². The van der Waals surface area contributed by atoms with E-state index in [-0.39, 0.29) is 0 Å². The van der Waals surface area contributed by atoms with Crippen molar-refractivity contribution in [1.29, 1.82) is 0 Å². The SMILES string of the molecule is Cn1cnnc1C1CCCN(c2cc(N3CCSCC3)ncn2)C1. The van der Waals surface area contributed by atoms with E-state index in [9.17, 15) is 0 Å². The first kappa shape index (κ1) is 15.7. The average molecular weight is 345 g/mol. The Kier molecular flexibility index (Phi) is 4.55. The highest BCUT2D eigenvalue weighted by Gasteiger charge is 2.26. The lowest BCUT2D eigenvalue weighted by Crippen LogP contribution is -2.37. The van der Waals surface area contributed by atoms with Crippen LogP contribution in [0.2, 0.25) is 0 Å². The maximum absolute atomic E-state index is 4.54. The van der Waals surface area contributed by atoms with Crippen LogP contribution in [0.25, 0.3) is 0 Å². The highest BCUT2D eigenvalue weighted by atomic mass is 32.2. The zero-order chi connectivity index (χ0) is 16.4. The van der Waals surface area contributed by atoms with Crippen molar-refractivity contribution in [3.8, 4) is 0 Å². The molecule has 2 fully saturated rings. The molecule has 0 aliphatic carbocycles. The number of rotatable bonds is 3. The summed E-state index contributed by atoms with van der Waals surface area (Å²) in [6.07, 6.45) is 5.80. The summed E-state index contributed by atoms with van der Waals surface area (Å²) in [7, 11) is 2.02. The molecule has 0 N–H and O–H groups in total. The molecule has 0 bridgehead atoms. The molecular weight excluding hydrogens is 322 g/mol. The maximum Gasteiger partial charge on any atom is 0.137 e. The van der Waals surface area contributed by atoms with Gasteiger partial charge in [0.25, 0.3) is 0 Å². The molecule has 0 aromatic carbocycles. The van der Waals surface area contributed by atoms with E-state index in [1.165, 1.54) is 11.5 Å². The third kappa shape index (κ3) is 3.19. The van der Waals surface area contributed by atoms with Crippen LogP contribution in [0.4, 0.5) is 11.6 Å². The molecule has 2 aromatic heterocycles. The van der Waals surface area contributed by atoms with E-state index < -0.39 is 0 Å². The van der Waals surface area contributed by atoms with Gasteiger partial charge in [0.2, 0.25) is 0 Å². The van der Waals surface area contributed by atoms with Gasteiger partial charge in [-0.25, -0.2) is 9.97 Å². The zero-order valence-electron chi connectivity index (χ0n) is 14.0. The number of thioether (sulfide) groups is 1. The maximum atomic E-state index is 4.54. The molecule has 0 saturated carbocycles. The van der Waals surface area contributed by atoms with Gasteiger partial charge in [0.05, 0.1) is 0 Å². The number of aromatic nitrogens is 5. The summed E-state index contributed by atoms with van der Waals surface area (Å²) < 4.78 is 2.03. The van der Waals surface area contributed by atoms with Gasteiger partial charge in [-0.3, -0.25) is 0 Å². The van der Waals surface area contributed by atoms with Crippen LogP contribution in [-0.2, 0) is 7.05 Å². The molecule has 0 amide bonds. The van der Waals surface area contributed by atoms with E-state index in [1.54, 1.807) is 12.7 Å². The Morgan fingerprint density at radius 3 is 2.62 bits per heavy atom. The second-order valence-electron chi connectivity index (χ2n) is 6.42. The Balaban J connectivity index is 1.51. The fraction of sp³-hybridized carbons (Fsp3) is 0.625. The molecule has 2 saturated heterocycles. The molecule has 128 valence electrons. The fourth-order valence-corrected chi connectivity index (χ4v) is 4.44. The minimum Gasteiger partial charge on any atom is -0.356 e. The van der Waals surface area contributed by atoms with Gasteiger partial charge >= 0.3 is 0 Å². The van der Waals surface area contributed by atoms with Crippen molar-refractivity contribution in [3.05, 3.63) is 24.5 Å². The van der Waals surface area contributed by atoms with Crippen molar-refractivity contribution >= 4 is 23.4 Å². The zero-order valence-corrected chi connectivity index (χ0v) is 14.8. The van der Waals surface area contributed by atoms with Crippen molar-refractivity contribution in [2.75, 3.05) is 47.5 Å². The molecule has 0 radical (unpaired) electrons. The summed E-state index contributed by atoms with van der Waals surface area (Å²) in [5.74, 6) is 5.93. The number of aryl methyl sites for hydroxylation is 1. The van der Waals surface area contributed by atoms with Gasteiger partial charge in [0, 0.05) is 56.7 Å². The van der Waals surface area contributed by atoms with Crippen molar-refractivity contribution in [1.82, 2.24) is 24.7 Å². The van der Waals surface area contributed by atoms with Gasteiger partial charge in [-0.05, 0) is 12.8 Å². The minimum absolute atomic E-state index is 0.413. The number of piperidine rings is 1. The van der Waals surface area contributed by atoms with Crippen LogP contribution < -0.4 is 9.80 Å². The lowest BCUT2D eigenvalue weighted by Gasteiger charge is -2.34. The van der Waals surface area contributed by atoms with Crippen molar-refractivity contribution in [3.63, 3.8) is 0 Å². The Morgan fingerprint density at radius 1 is 1.08 bits per heavy atom. The van der Waals surface area contributed by atoms with Crippen LogP contribution in [0.1, 0.15) is 24.6 Å². The molecule has 7 nitrogen and oxygen atoms in total. The first-order valence-electron chi connectivity index (χ1n) is 8.55. The predicted octanol–water partition coefficient (Wildman–Crippen LogP) is 1.54. The number of hydrogen-bond donors (Lipinski definition) is 0. The molecule has 0 spiro atoms.